The average molecular weight is 866 g/mol. The molecule has 5 aromatic carbocycles. The monoisotopic (exact) mass is 865 g/mol. The Morgan fingerprint density at radius 3 is 1.20 bits per heavy atom. The van der Waals surface area contributed by atoms with Crippen LogP contribution in [-0.2, 0) is 20.4 Å². The van der Waals surface area contributed by atoms with Crippen molar-refractivity contribution in [2.45, 2.75) is 116 Å². The Balaban J connectivity index is 1.45. The number of carbonyl (C=O) groups is 2. The molecule has 5 aromatic rings. The summed E-state index contributed by atoms with van der Waals surface area (Å²) < 4.78 is 5.64. The molecule has 8 nitrogen and oxygen atoms in total. The number of aliphatic carboxylic acids is 2. The van der Waals surface area contributed by atoms with Gasteiger partial charge in [0.05, 0.1) is 7.11 Å². The third-order valence-corrected chi connectivity index (χ3v) is 13.7. The number of benzene rings is 5. The number of methoxy groups -OCH3 is 1. The number of fused-ring (bicyclic) bond motifs is 6. The third kappa shape index (κ3) is 8.71. The van der Waals surface area contributed by atoms with Crippen LogP contribution in [0.4, 0.5) is 17.1 Å². The fraction of sp³-hybridized carbons (Fsp3) is 0.333. The van der Waals surface area contributed by atoms with Crippen molar-refractivity contribution in [3.05, 3.63) is 142 Å². The zero-order chi connectivity index (χ0) is 46.3. The largest absolute Gasteiger partial charge is 0.497 e. The molecule has 2 aliphatic carbocycles. The molecule has 0 spiro atoms. The highest BCUT2D eigenvalue weighted by atomic mass is 16.5. The highest BCUT2D eigenvalue weighted by molar-refractivity contribution is 5.98. The first-order valence-electron chi connectivity index (χ1n) is 23.3. The van der Waals surface area contributed by atoms with Crippen LogP contribution in [0.25, 0.3) is 34.4 Å². The summed E-state index contributed by atoms with van der Waals surface area (Å²) in [5.41, 5.74) is 12.7. The minimum Gasteiger partial charge on any atom is -0.497 e. The summed E-state index contributed by atoms with van der Waals surface area (Å²) >= 11 is 0. The molecule has 0 heterocycles. The molecule has 0 saturated heterocycles. The second-order valence-corrected chi connectivity index (χ2v) is 17.6. The van der Waals surface area contributed by atoms with Crippen molar-refractivity contribution in [1.29, 1.82) is 10.5 Å². The molecule has 0 aromatic heterocycles. The number of unbranched alkanes of at least 4 members (excludes halogenated alkanes) is 4. The predicted octanol–water partition coefficient (Wildman–Crippen LogP) is 14.4. The van der Waals surface area contributed by atoms with E-state index in [4.69, 9.17) is 4.74 Å². The maximum Gasteiger partial charge on any atom is 0.346 e. The minimum atomic E-state index is -1.24. The van der Waals surface area contributed by atoms with Crippen molar-refractivity contribution >= 4 is 41.2 Å². The summed E-state index contributed by atoms with van der Waals surface area (Å²) in [5.74, 6) is -1.71. The lowest BCUT2D eigenvalue weighted by molar-refractivity contribution is -0.133. The van der Waals surface area contributed by atoms with Crippen LogP contribution in [0.3, 0.4) is 0 Å². The molecule has 332 valence electrons. The molecule has 2 aliphatic rings. The number of rotatable bonds is 20. The predicted molar refractivity (Wildman–Crippen MR) is 261 cm³/mol. The average Bonchev–Trinajstić information content (AvgIpc) is 3.74. The van der Waals surface area contributed by atoms with E-state index in [1.807, 2.05) is 36.4 Å². The lowest BCUT2D eigenvalue weighted by atomic mass is 9.70. The van der Waals surface area contributed by atoms with E-state index in [0.717, 1.165) is 111 Å². The van der Waals surface area contributed by atoms with Gasteiger partial charge in [-0.15, -0.1) is 0 Å². The maximum atomic E-state index is 11.9. The van der Waals surface area contributed by atoms with E-state index in [1.165, 1.54) is 45.5 Å². The van der Waals surface area contributed by atoms with Crippen LogP contribution in [0.2, 0.25) is 0 Å². The van der Waals surface area contributed by atoms with Gasteiger partial charge in [0.1, 0.15) is 29.0 Å². The molecule has 0 unspecified atom stereocenters. The zero-order valence-electron chi connectivity index (χ0n) is 38.3. The molecular formula is C57H59N3O5. The van der Waals surface area contributed by atoms with Crippen molar-refractivity contribution < 1.29 is 24.5 Å². The van der Waals surface area contributed by atoms with Crippen LogP contribution in [-0.4, -0.2) is 29.3 Å². The van der Waals surface area contributed by atoms with Gasteiger partial charge >= 0.3 is 11.9 Å². The Hall–Kier alpha value is -6.90. The fourth-order valence-electron chi connectivity index (χ4n) is 10.5. The summed E-state index contributed by atoms with van der Waals surface area (Å²) in [6, 6.07) is 37.9. The smallest absolute Gasteiger partial charge is 0.346 e. The molecule has 0 saturated carbocycles. The number of carboxylic acids is 2. The topological polar surface area (TPSA) is 135 Å². The molecule has 7 rings (SSSR count). The van der Waals surface area contributed by atoms with Crippen LogP contribution in [0.15, 0.2) is 108 Å². The van der Waals surface area contributed by atoms with Crippen molar-refractivity contribution in [1.82, 2.24) is 0 Å². The van der Waals surface area contributed by atoms with Gasteiger partial charge in [0.2, 0.25) is 0 Å². The molecule has 2 N–H and O–H groups in total. The van der Waals surface area contributed by atoms with Crippen LogP contribution in [0, 0.1) is 22.7 Å². The molecular weight excluding hydrogens is 807 g/mol. The molecule has 0 bridgehead atoms. The number of nitrogens with zero attached hydrogens (tertiary/aromatic N) is 3. The van der Waals surface area contributed by atoms with Gasteiger partial charge in [0, 0.05) is 27.9 Å². The van der Waals surface area contributed by atoms with Crippen molar-refractivity contribution in [3.8, 4) is 40.1 Å². The summed E-state index contributed by atoms with van der Waals surface area (Å²) in [7, 11) is 1.68. The summed E-state index contributed by atoms with van der Waals surface area (Å²) in [6.45, 7) is 8.90. The van der Waals surface area contributed by atoms with Crippen LogP contribution in [0.5, 0.6) is 5.75 Å². The second-order valence-electron chi connectivity index (χ2n) is 17.6. The van der Waals surface area contributed by atoms with E-state index in [0.29, 0.717) is 11.1 Å². The van der Waals surface area contributed by atoms with E-state index >= 15 is 0 Å². The lowest BCUT2D eigenvalue weighted by Crippen LogP contribution is -2.26. The molecule has 0 amide bonds. The van der Waals surface area contributed by atoms with Gasteiger partial charge in [-0.2, -0.15) is 10.5 Å². The zero-order valence-corrected chi connectivity index (χ0v) is 38.3. The Bertz CT molecular complexity index is 2570. The molecule has 65 heavy (non-hydrogen) atoms. The number of hydrogen-bond acceptors (Lipinski definition) is 6. The number of carboxylic acid groups (broad SMARTS) is 2. The van der Waals surface area contributed by atoms with Crippen LogP contribution < -0.4 is 9.64 Å². The molecule has 8 heteroatoms. The highest BCUT2D eigenvalue weighted by Crippen LogP contribution is 2.58. The SMILES string of the molecule is CCCCC1(CCCC)c2cc(/C=C(/C#N)C(=O)O)ccc2-c2ccc(N(c3ccc(OC)cc3)c3ccc4c(c3)C(CCCC)(CCCC)c3cc(/C=C(/C#N)C(=O)O)ccc3-4)cc21. The van der Waals surface area contributed by atoms with Crippen molar-refractivity contribution in [2.24, 2.45) is 0 Å². The minimum absolute atomic E-state index is 0.292. The Morgan fingerprint density at radius 2 is 0.877 bits per heavy atom. The Labute approximate surface area is 384 Å². The first-order chi connectivity index (χ1) is 31.5. The molecule has 0 fully saturated rings. The summed E-state index contributed by atoms with van der Waals surface area (Å²) in [6.07, 6.45) is 14.9. The van der Waals surface area contributed by atoms with E-state index in [2.05, 4.69) is 105 Å². The first-order valence-corrected chi connectivity index (χ1v) is 23.3. The molecule has 0 atom stereocenters. The van der Waals surface area contributed by atoms with Gasteiger partial charge in [-0.05, 0) is 142 Å². The Kier molecular flexibility index (Phi) is 14.1. The summed E-state index contributed by atoms with van der Waals surface area (Å²) in [4.78, 5) is 26.2. The van der Waals surface area contributed by atoms with Gasteiger partial charge in [0.15, 0.2) is 0 Å². The molecule has 0 aliphatic heterocycles. The maximum absolute atomic E-state index is 11.9. The quantitative estimate of drug-likeness (QED) is 0.0583. The third-order valence-electron chi connectivity index (χ3n) is 13.7. The van der Waals surface area contributed by atoms with Crippen molar-refractivity contribution in [2.75, 3.05) is 12.0 Å². The van der Waals surface area contributed by atoms with E-state index in [9.17, 15) is 30.3 Å². The van der Waals surface area contributed by atoms with Crippen molar-refractivity contribution in [3.63, 3.8) is 0 Å². The fourth-order valence-corrected chi connectivity index (χ4v) is 10.5. The van der Waals surface area contributed by atoms with Crippen LogP contribution >= 0.6 is 0 Å². The van der Waals surface area contributed by atoms with Gasteiger partial charge in [-0.25, -0.2) is 9.59 Å². The first kappa shape index (κ1) is 46.1. The number of hydrogen-bond donors (Lipinski definition) is 2. The molecule has 0 radical (unpaired) electrons. The van der Waals surface area contributed by atoms with E-state index in [-0.39, 0.29) is 22.0 Å². The second kappa shape index (κ2) is 19.9. The number of nitriles is 2. The van der Waals surface area contributed by atoms with Gasteiger partial charge < -0.3 is 19.8 Å². The number of anilines is 3. The standard InChI is InChI=1S/C57H59N3O5/c1-6-10-26-56(27-11-7-2)50-32-38(30-40(36-58)54(61)62)14-22-46(50)48-24-18-43(34-52(48)56)60(42-16-20-45(65-5)21-17-42)44-19-25-49-47-23-15-39(31-41(37-59)55(63)64)33-51(47)57(28-12-8-3,29-13-9-4)53(49)35-44/h14-25,30-35H,6-13,26-29H2,1-5H3,(H,61,62)(H,63,64)/b40-30-,41-31-. The van der Waals surface area contributed by atoms with Gasteiger partial charge in [-0.1, -0.05) is 128 Å². The normalized spacial score (nSPS) is 14.1. The Morgan fingerprint density at radius 1 is 0.538 bits per heavy atom. The summed E-state index contributed by atoms with van der Waals surface area (Å²) in [5, 5.41) is 38.8. The highest BCUT2D eigenvalue weighted by Gasteiger charge is 2.44. The van der Waals surface area contributed by atoms with Gasteiger partial charge in [-0.3, -0.25) is 0 Å². The van der Waals surface area contributed by atoms with E-state index < -0.39 is 11.9 Å². The van der Waals surface area contributed by atoms with Crippen LogP contribution in [0.1, 0.15) is 138 Å². The van der Waals surface area contributed by atoms with E-state index in [1.54, 1.807) is 7.11 Å². The van der Waals surface area contributed by atoms with Gasteiger partial charge in [0.25, 0.3) is 0 Å². The lowest BCUT2D eigenvalue weighted by Gasteiger charge is -2.35. The number of ether oxygens (including phenoxy) is 1.